The van der Waals surface area contributed by atoms with Gasteiger partial charge in [-0.05, 0) is 48.6 Å². The maximum atomic E-state index is 12.6. The molecule has 3 rings (SSSR count). The fourth-order valence-corrected chi connectivity index (χ4v) is 2.86. The van der Waals surface area contributed by atoms with Crippen molar-refractivity contribution < 1.29 is 4.79 Å². The minimum atomic E-state index is -0.116. The summed E-state index contributed by atoms with van der Waals surface area (Å²) < 4.78 is 1.57. The molecule has 25 heavy (non-hydrogen) atoms. The second-order valence-electron chi connectivity index (χ2n) is 6.20. The van der Waals surface area contributed by atoms with E-state index in [0.29, 0.717) is 12.1 Å². The Bertz CT molecular complexity index is 948. The summed E-state index contributed by atoms with van der Waals surface area (Å²) in [5.74, 6) is -0.0769. The summed E-state index contributed by atoms with van der Waals surface area (Å²) in [5, 5.41) is 0.965. The quantitative estimate of drug-likeness (QED) is 0.719. The van der Waals surface area contributed by atoms with Crippen LogP contribution in [-0.4, -0.2) is 34.0 Å². The van der Waals surface area contributed by atoms with Crippen LogP contribution in [0.2, 0.25) is 0 Å². The lowest BCUT2D eigenvalue weighted by Gasteiger charge is -2.19. The highest BCUT2D eigenvalue weighted by atomic mass is 16.2. The highest BCUT2D eigenvalue weighted by Gasteiger charge is 2.13. The molecule has 1 aromatic carbocycles. The zero-order chi connectivity index (χ0) is 17.8. The van der Waals surface area contributed by atoms with Crippen LogP contribution in [0.5, 0.6) is 0 Å². The third-order valence-electron chi connectivity index (χ3n) is 4.39. The number of aromatic nitrogens is 2. The van der Waals surface area contributed by atoms with Gasteiger partial charge in [0.15, 0.2) is 0 Å². The molecule has 5 heteroatoms. The van der Waals surface area contributed by atoms with E-state index >= 15 is 0 Å². The summed E-state index contributed by atoms with van der Waals surface area (Å²) in [4.78, 5) is 30.8. The number of fused-ring (bicyclic) bond motifs is 1. The maximum absolute atomic E-state index is 12.6. The van der Waals surface area contributed by atoms with Gasteiger partial charge in [-0.25, -0.2) is 0 Å². The number of hydrogen-bond donors (Lipinski definition) is 0. The van der Waals surface area contributed by atoms with Crippen molar-refractivity contribution in [3.63, 3.8) is 0 Å². The van der Waals surface area contributed by atoms with E-state index in [2.05, 4.69) is 4.98 Å². The first-order valence-electron chi connectivity index (χ1n) is 8.28. The fourth-order valence-electron chi connectivity index (χ4n) is 2.86. The molecule has 0 fully saturated rings. The number of hydrogen-bond acceptors (Lipinski definition) is 3. The van der Waals surface area contributed by atoms with Crippen LogP contribution in [0.1, 0.15) is 11.1 Å². The number of likely N-dealkylation sites (N-methyl/N-ethyl adjacent to an activating group) is 1. The number of pyridine rings is 2. The molecular weight excluding hydrogens is 314 g/mol. The van der Waals surface area contributed by atoms with E-state index in [1.165, 1.54) is 0 Å². The highest BCUT2D eigenvalue weighted by Crippen LogP contribution is 2.13. The average Bonchev–Trinajstić information content (AvgIpc) is 2.64. The van der Waals surface area contributed by atoms with Gasteiger partial charge >= 0.3 is 0 Å². The number of carbonyl (C=O) groups excluding carboxylic acids is 1. The lowest BCUT2D eigenvalue weighted by Crippen LogP contribution is -2.35. The summed E-state index contributed by atoms with van der Waals surface area (Å²) in [5.41, 5.74) is 2.45. The number of nitrogens with zero attached hydrogens (tertiary/aromatic N) is 3. The van der Waals surface area contributed by atoms with Crippen molar-refractivity contribution in [2.24, 2.45) is 0 Å². The smallest absolute Gasteiger partial charge is 0.254 e. The number of amides is 1. The Morgan fingerprint density at radius 2 is 1.88 bits per heavy atom. The zero-order valence-corrected chi connectivity index (χ0v) is 14.5. The van der Waals surface area contributed by atoms with Gasteiger partial charge in [0.1, 0.15) is 6.54 Å². The van der Waals surface area contributed by atoms with Gasteiger partial charge in [0.05, 0.1) is 5.52 Å². The van der Waals surface area contributed by atoms with E-state index in [4.69, 9.17) is 0 Å². The molecule has 2 heterocycles. The van der Waals surface area contributed by atoms with Gasteiger partial charge in [-0.1, -0.05) is 18.2 Å². The molecule has 0 unspecified atom stereocenters. The fraction of sp³-hybridized carbons (Fsp3) is 0.250. The Hall–Kier alpha value is -2.95. The highest BCUT2D eigenvalue weighted by molar-refractivity contribution is 5.82. The summed E-state index contributed by atoms with van der Waals surface area (Å²) >= 11 is 0. The Kier molecular flexibility index (Phi) is 4.93. The Balaban J connectivity index is 1.77. The average molecular weight is 335 g/mol. The number of para-hydroxylation sites is 1. The molecule has 1 amide bonds. The van der Waals surface area contributed by atoms with E-state index in [1.54, 1.807) is 35.8 Å². The largest absolute Gasteiger partial charge is 0.344 e. The molecule has 128 valence electrons. The molecule has 5 nitrogen and oxygen atoms in total. The Morgan fingerprint density at radius 1 is 1.16 bits per heavy atom. The normalized spacial score (nSPS) is 10.8. The van der Waals surface area contributed by atoms with Gasteiger partial charge in [-0.15, -0.1) is 0 Å². The molecule has 0 spiro atoms. The summed E-state index contributed by atoms with van der Waals surface area (Å²) in [6.07, 6.45) is 4.25. The van der Waals surface area contributed by atoms with Gasteiger partial charge in [-0.3, -0.25) is 19.1 Å². The molecule has 0 aliphatic heterocycles. The van der Waals surface area contributed by atoms with Gasteiger partial charge in [0, 0.05) is 31.5 Å². The number of rotatable bonds is 5. The topological polar surface area (TPSA) is 55.2 Å². The molecular formula is C20H21N3O2. The van der Waals surface area contributed by atoms with Crippen molar-refractivity contribution in [2.75, 3.05) is 13.6 Å². The lowest BCUT2D eigenvalue weighted by molar-refractivity contribution is -0.130. The van der Waals surface area contributed by atoms with Crippen molar-refractivity contribution in [1.82, 2.24) is 14.5 Å². The molecule has 3 aromatic rings. The van der Waals surface area contributed by atoms with Crippen LogP contribution in [0, 0.1) is 6.92 Å². The third kappa shape index (κ3) is 3.76. The van der Waals surface area contributed by atoms with Crippen LogP contribution in [0.3, 0.4) is 0 Å². The first-order chi connectivity index (χ1) is 12.1. The van der Waals surface area contributed by atoms with Crippen LogP contribution in [-0.2, 0) is 17.8 Å². The van der Waals surface area contributed by atoms with Gasteiger partial charge < -0.3 is 4.90 Å². The van der Waals surface area contributed by atoms with Gasteiger partial charge in [-0.2, -0.15) is 0 Å². The number of carbonyl (C=O) groups is 1. The van der Waals surface area contributed by atoms with Crippen LogP contribution in [0.25, 0.3) is 10.9 Å². The van der Waals surface area contributed by atoms with Crippen LogP contribution in [0.4, 0.5) is 0 Å². The van der Waals surface area contributed by atoms with E-state index < -0.39 is 0 Å². The Morgan fingerprint density at radius 3 is 2.64 bits per heavy atom. The summed E-state index contributed by atoms with van der Waals surface area (Å²) in [6, 6.07) is 13.4. The lowest BCUT2D eigenvalue weighted by atomic mass is 10.1. The predicted molar refractivity (Wildman–Crippen MR) is 98.5 cm³/mol. The Labute approximate surface area is 146 Å². The summed E-state index contributed by atoms with van der Waals surface area (Å²) in [6.45, 7) is 2.43. The molecule has 0 bridgehead atoms. The second-order valence-corrected chi connectivity index (χ2v) is 6.20. The SMILES string of the molecule is Cc1cc2ccccc2n(CC(=O)N(C)CCc2ccncc2)c1=O. The molecule has 0 aliphatic rings. The van der Waals surface area contributed by atoms with Crippen molar-refractivity contribution in [3.05, 3.63) is 76.3 Å². The van der Waals surface area contributed by atoms with E-state index in [1.807, 2.05) is 42.5 Å². The molecule has 2 aromatic heterocycles. The number of benzene rings is 1. The predicted octanol–water partition coefficient (Wildman–Crippen LogP) is 2.41. The molecule has 0 N–H and O–H groups in total. The van der Waals surface area contributed by atoms with E-state index in [0.717, 1.165) is 22.9 Å². The van der Waals surface area contributed by atoms with Crippen molar-refractivity contribution in [3.8, 4) is 0 Å². The monoisotopic (exact) mass is 335 g/mol. The molecule has 0 aliphatic carbocycles. The minimum Gasteiger partial charge on any atom is -0.344 e. The molecule has 0 saturated heterocycles. The van der Waals surface area contributed by atoms with Gasteiger partial charge in [0.2, 0.25) is 5.91 Å². The van der Waals surface area contributed by atoms with Crippen molar-refractivity contribution in [1.29, 1.82) is 0 Å². The van der Waals surface area contributed by atoms with Crippen LogP contribution < -0.4 is 5.56 Å². The standard InChI is InChI=1S/C20H21N3O2/c1-15-13-17-5-3-4-6-18(17)23(20(15)25)14-19(24)22(2)12-9-16-7-10-21-11-8-16/h3-8,10-11,13H,9,12,14H2,1-2H3. The van der Waals surface area contributed by atoms with E-state index in [-0.39, 0.29) is 18.0 Å². The van der Waals surface area contributed by atoms with Crippen LogP contribution >= 0.6 is 0 Å². The second kappa shape index (κ2) is 7.30. The summed E-state index contributed by atoms with van der Waals surface area (Å²) in [7, 11) is 1.77. The third-order valence-corrected chi connectivity index (χ3v) is 4.39. The van der Waals surface area contributed by atoms with Crippen molar-refractivity contribution >= 4 is 16.8 Å². The molecule has 0 radical (unpaired) electrons. The van der Waals surface area contributed by atoms with Gasteiger partial charge in [0.25, 0.3) is 5.56 Å². The molecule has 0 saturated carbocycles. The van der Waals surface area contributed by atoms with Crippen LogP contribution in [0.15, 0.2) is 59.7 Å². The maximum Gasteiger partial charge on any atom is 0.254 e. The first kappa shape index (κ1) is 16.9. The zero-order valence-electron chi connectivity index (χ0n) is 14.5. The molecule has 0 atom stereocenters. The minimum absolute atomic E-state index is 0.0495. The number of aryl methyl sites for hydroxylation is 1. The van der Waals surface area contributed by atoms with Crippen molar-refractivity contribution in [2.45, 2.75) is 19.9 Å². The first-order valence-corrected chi connectivity index (χ1v) is 8.28. The van der Waals surface area contributed by atoms with E-state index in [9.17, 15) is 9.59 Å².